The van der Waals surface area contributed by atoms with Crippen LogP contribution in [0.25, 0.3) is 0 Å². The van der Waals surface area contributed by atoms with Crippen LogP contribution in [0.2, 0.25) is 0 Å². The summed E-state index contributed by atoms with van der Waals surface area (Å²) in [6.45, 7) is 2.27. The average Bonchev–Trinajstić information content (AvgIpc) is 2.74. The van der Waals surface area contributed by atoms with Gasteiger partial charge in [0.15, 0.2) is 0 Å². The molecule has 4 fully saturated rings. The Bertz CT molecular complexity index is 602. The van der Waals surface area contributed by atoms with Crippen LogP contribution in [-0.2, 0) is 14.9 Å². The lowest BCUT2D eigenvalue weighted by molar-refractivity contribution is -0.179. The summed E-state index contributed by atoms with van der Waals surface area (Å²) in [4.78, 5) is 12.9. The zero-order chi connectivity index (χ0) is 18.7. The molecule has 148 valence electrons. The van der Waals surface area contributed by atoms with Crippen LogP contribution in [0.3, 0.4) is 0 Å². The van der Waals surface area contributed by atoms with Crippen molar-refractivity contribution in [3.8, 4) is 0 Å². The first-order valence-corrected chi connectivity index (χ1v) is 11.4. The predicted molar refractivity (Wildman–Crippen MR) is 110 cm³/mol. The molecule has 0 atom stereocenters. The highest BCUT2D eigenvalue weighted by atomic mass is 16.6. The number of carbonyl (C=O) groups excluding carboxylic acids is 1. The molecule has 0 aromatic heterocycles. The van der Waals surface area contributed by atoms with Crippen LogP contribution in [0.1, 0.15) is 96.0 Å². The van der Waals surface area contributed by atoms with Crippen LogP contribution in [0.4, 0.5) is 0 Å². The molecule has 2 heteroatoms. The molecule has 4 aliphatic rings. The highest BCUT2D eigenvalue weighted by Crippen LogP contribution is 2.55. The van der Waals surface area contributed by atoms with Gasteiger partial charge in [-0.15, -0.1) is 0 Å². The molecule has 0 unspecified atom stereocenters. The van der Waals surface area contributed by atoms with Crippen LogP contribution in [0, 0.1) is 11.8 Å². The minimum Gasteiger partial charge on any atom is -0.459 e. The van der Waals surface area contributed by atoms with Crippen LogP contribution in [0.5, 0.6) is 0 Å². The Hall–Kier alpha value is -1.31. The van der Waals surface area contributed by atoms with Gasteiger partial charge in [0.1, 0.15) is 5.60 Å². The first-order chi connectivity index (χ1) is 13.1. The topological polar surface area (TPSA) is 26.3 Å². The van der Waals surface area contributed by atoms with E-state index in [-0.39, 0.29) is 17.5 Å². The Morgan fingerprint density at radius 2 is 1.59 bits per heavy atom. The van der Waals surface area contributed by atoms with E-state index in [0.717, 1.165) is 38.0 Å². The van der Waals surface area contributed by atoms with Gasteiger partial charge in [0, 0.05) is 0 Å². The maximum absolute atomic E-state index is 12.9. The van der Waals surface area contributed by atoms with Gasteiger partial charge in [-0.2, -0.15) is 0 Å². The van der Waals surface area contributed by atoms with E-state index in [1.165, 1.54) is 56.9 Å². The van der Waals surface area contributed by atoms with Crippen molar-refractivity contribution in [3.05, 3.63) is 35.9 Å². The molecule has 0 aliphatic heterocycles. The number of esters is 1. The van der Waals surface area contributed by atoms with Gasteiger partial charge in [-0.1, -0.05) is 56.5 Å². The largest absolute Gasteiger partial charge is 0.459 e. The highest BCUT2D eigenvalue weighted by molar-refractivity contribution is 5.73. The molecule has 5 rings (SSSR count). The second-order valence-electron chi connectivity index (χ2n) is 9.61. The van der Waals surface area contributed by atoms with Crippen molar-refractivity contribution < 1.29 is 9.53 Å². The lowest BCUT2D eigenvalue weighted by Crippen LogP contribution is -2.51. The van der Waals surface area contributed by atoms with Gasteiger partial charge < -0.3 is 4.74 Å². The fourth-order valence-corrected chi connectivity index (χ4v) is 6.01. The molecule has 0 saturated heterocycles. The van der Waals surface area contributed by atoms with E-state index < -0.39 is 0 Å². The van der Waals surface area contributed by atoms with Gasteiger partial charge in [-0.05, 0) is 81.1 Å². The summed E-state index contributed by atoms with van der Waals surface area (Å²) in [7, 11) is 0. The van der Waals surface area contributed by atoms with E-state index in [1.807, 2.05) is 0 Å². The molecule has 0 spiro atoms. The van der Waals surface area contributed by atoms with E-state index in [0.29, 0.717) is 5.41 Å². The van der Waals surface area contributed by atoms with Crippen molar-refractivity contribution in [2.75, 3.05) is 0 Å². The minimum absolute atomic E-state index is 0.123. The lowest BCUT2D eigenvalue weighted by atomic mass is 9.56. The number of unbranched alkanes of at least 4 members (excludes halogenated alkanes) is 1. The van der Waals surface area contributed by atoms with Gasteiger partial charge in [0.25, 0.3) is 0 Å². The molecule has 2 bridgehead atoms. The molecule has 1 aromatic carbocycles. The maximum atomic E-state index is 12.9. The Balaban J connectivity index is 1.31. The summed E-state index contributed by atoms with van der Waals surface area (Å²) < 4.78 is 6.26. The zero-order valence-electron chi connectivity index (χ0n) is 17.1. The average molecular weight is 369 g/mol. The molecule has 4 aliphatic carbocycles. The molecule has 1 aromatic rings. The van der Waals surface area contributed by atoms with Crippen LogP contribution < -0.4 is 0 Å². The molecule has 4 saturated carbocycles. The summed E-state index contributed by atoms with van der Waals surface area (Å²) in [5.41, 5.74) is 1.69. The standard InChI is InChI=1S/C25H36O2/c1-2-3-7-20-10-12-21(13-11-20)23(26)27-25-17-14-24(15-18-25,16-19-25)22-8-5-4-6-9-22/h4-6,8-9,20-21H,2-3,7,10-19H2,1H3. The van der Waals surface area contributed by atoms with Crippen LogP contribution in [-0.4, -0.2) is 11.6 Å². The number of ether oxygens (including phenoxy) is 1. The number of benzene rings is 1. The molecular formula is C25H36O2. The molecular weight excluding hydrogens is 332 g/mol. The Labute approximate surface area is 165 Å². The summed E-state index contributed by atoms with van der Waals surface area (Å²) in [6, 6.07) is 11.0. The van der Waals surface area contributed by atoms with Crippen molar-refractivity contribution >= 4 is 5.97 Å². The zero-order valence-corrected chi connectivity index (χ0v) is 17.1. The normalized spacial score (nSPS) is 35.7. The molecule has 0 amide bonds. The monoisotopic (exact) mass is 368 g/mol. The predicted octanol–water partition coefficient (Wildman–Crippen LogP) is 6.57. The Morgan fingerprint density at radius 3 is 2.19 bits per heavy atom. The molecule has 0 heterocycles. The maximum Gasteiger partial charge on any atom is 0.309 e. The number of hydrogen-bond donors (Lipinski definition) is 0. The summed E-state index contributed by atoms with van der Waals surface area (Å²) in [5, 5.41) is 0. The SMILES string of the molecule is CCCCC1CCC(C(=O)OC23CCC(c4ccccc4)(CC2)CC3)CC1. The van der Waals surface area contributed by atoms with Crippen molar-refractivity contribution in [1.82, 2.24) is 0 Å². The number of hydrogen-bond acceptors (Lipinski definition) is 2. The van der Waals surface area contributed by atoms with Crippen molar-refractivity contribution in [2.45, 2.75) is 101 Å². The number of fused-ring (bicyclic) bond motifs is 3. The summed E-state index contributed by atoms with van der Waals surface area (Å²) in [6.07, 6.45) is 15.2. The fraction of sp³-hybridized carbons (Fsp3) is 0.720. The van der Waals surface area contributed by atoms with E-state index in [2.05, 4.69) is 37.3 Å². The highest BCUT2D eigenvalue weighted by Gasteiger charge is 2.51. The number of rotatable bonds is 6. The summed E-state index contributed by atoms with van der Waals surface area (Å²) >= 11 is 0. The Kier molecular flexibility index (Phi) is 5.62. The second-order valence-corrected chi connectivity index (χ2v) is 9.61. The first kappa shape index (κ1) is 19.0. The lowest BCUT2D eigenvalue weighted by Gasteiger charge is -2.53. The van der Waals surface area contributed by atoms with Gasteiger partial charge in [0.2, 0.25) is 0 Å². The third-order valence-electron chi connectivity index (χ3n) is 8.03. The van der Waals surface area contributed by atoms with Crippen LogP contribution in [0.15, 0.2) is 30.3 Å². The Morgan fingerprint density at radius 1 is 0.963 bits per heavy atom. The van der Waals surface area contributed by atoms with Crippen molar-refractivity contribution in [1.29, 1.82) is 0 Å². The number of carbonyl (C=O) groups is 1. The minimum atomic E-state index is -0.146. The smallest absolute Gasteiger partial charge is 0.309 e. The third kappa shape index (κ3) is 3.96. The van der Waals surface area contributed by atoms with Gasteiger partial charge in [-0.25, -0.2) is 0 Å². The van der Waals surface area contributed by atoms with Crippen molar-refractivity contribution in [2.24, 2.45) is 11.8 Å². The summed E-state index contributed by atoms with van der Waals surface area (Å²) in [5.74, 6) is 1.14. The first-order valence-electron chi connectivity index (χ1n) is 11.4. The molecule has 0 radical (unpaired) electrons. The molecule has 0 N–H and O–H groups in total. The van der Waals surface area contributed by atoms with E-state index >= 15 is 0 Å². The van der Waals surface area contributed by atoms with Gasteiger partial charge in [-0.3, -0.25) is 4.79 Å². The van der Waals surface area contributed by atoms with Gasteiger partial charge in [0.05, 0.1) is 5.92 Å². The third-order valence-corrected chi connectivity index (χ3v) is 8.03. The molecule has 27 heavy (non-hydrogen) atoms. The van der Waals surface area contributed by atoms with Crippen molar-refractivity contribution in [3.63, 3.8) is 0 Å². The van der Waals surface area contributed by atoms with E-state index in [1.54, 1.807) is 0 Å². The second kappa shape index (κ2) is 7.97. The van der Waals surface area contributed by atoms with Crippen LogP contribution >= 0.6 is 0 Å². The van der Waals surface area contributed by atoms with E-state index in [4.69, 9.17) is 4.74 Å². The quantitative estimate of drug-likeness (QED) is 0.531. The molecule has 2 nitrogen and oxygen atoms in total. The van der Waals surface area contributed by atoms with E-state index in [9.17, 15) is 4.79 Å². The fourth-order valence-electron chi connectivity index (χ4n) is 6.01. The van der Waals surface area contributed by atoms with Gasteiger partial charge >= 0.3 is 5.97 Å².